The summed E-state index contributed by atoms with van der Waals surface area (Å²) in [7, 11) is 0. The van der Waals surface area contributed by atoms with E-state index in [-0.39, 0.29) is 11.7 Å². The van der Waals surface area contributed by atoms with Crippen molar-refractivity contribution >= 4 is 34.3 Å². The molecule has 0 radical (unpaired) electrons. The Balaban J connectivity index is 1.43. The number of nitrogens with one attached hydrogen (secondary N) is 1. The fourth-order valence-electron chi connectivity index (χ4n) is 2.59. The van der Waals surface area contributed by atoms with Gasteiger partial charge in [0.1, 0.15) is 5.69 Å². The number of carbonyl (C=O) groups is 1. The van der Waals surface area contributed by atoms with E-state index in [1.54, 1.807) is 12.3 Å². The monoisotopic (exact) mass is 377 g/mol. The molecule has 1 aromatic carbocycles. The van der Waals surface area contributed by atoms with Gasteiger partial charge < -0.3 is 9.73 Å². The van der Waals surface area contributed by atoms with Gasteiger partial charge in [-0.25, -0.2) is 0 Å². The summed E-state index contributed by atoms with van der Waals surface area (Å²) in [6.07, 6.45) is 1.65. The number of fused-ring (bicyclic) bond motifs is 1. The first kappa shape index (κ1) is 17.2. The van der Waals surface area contributed by atoms with Crippen molar-refractivity contribution < 1.29 is 9.21 Å². The van der Waals surface area contributed by atoms with Crippen molar-refractivity contribution in [1.29, 1.82) is 0 Å². The minimum Gasteiger partial charge on any atom is -0.410 e. The van der Waals surface area contributed by atoms with Gasteiger partial charge in [-0.15, -0.1) is 10.2 Å². The molecule has 1 N–H and O–H groups in total. The van der Waals surface area contributed by atoms with Crippen molar-refractivity contribution in [3.63, 3.8) is 0 Å². The largest absolute Gasteiger partial charge is 0.410 e. The average Bonchev–Trinajstić information content (AvgIpc) is 3.16. The third kappa shape index (κ3) is 3.95. The molecular formula is C19H15N5O2S. The van der Waals surface area contributed by atoms with Gasteiger partial charge in [-0.3, -0.25) is 14.8 Å². The van der Waals surface area contributed by atoms with Crippen LogP contribution < -0.4 is 5.32 Å². The second kappa shape index (κ2) is 7.55. The number of amides is 1. The Hall–Kier alpha value is -3.26. The van der Waals surface area contributed by atoms with Gasteiger partial charge in [0.25, 0.3) is 11.1 Å². The Morgan fingerprint density at radius 3 is 2.85 bits per heavy atom. The fourth-order valence-corrected chi connectivity index (χ4v) is 3.15. The quantitative estimate of drug-likeness (QED) is 0.530. The molecule has 4 rings (SSSR count). The van der Waals surface area contributed by atoms with Crippen LogP contribution in [0.15, 0.2) is 64.4 Å². The highest BCUT2D eigenvalue weighted by molar-refractivity contribution is 7.99. The van der Waals surface area contributed by atoms with Gasteiger partial charge >= 0.3 is 0 Å². The summed E-state index contributed by atoms with van der Waals surface area (Å²) in [6.45, 7) is 1.90. The third-order valence-corrected chi connectivity index (χ3v) is 4.55. The summed E-state index contributed by atoms with van der Waals surface area (Å²) in [5.74, 6) is 0.321. The molecule has 0 aliphatic rings. The second-order valence-electron chi connectivity index (χ2n) is 5.75. The standard InChI is InChI=1S/C19H15N5O2S/c1-12-10-16(13-6-2-3-7-14(13)21-12)22-17(25)11-27-19-24-23-18(26-19)15-8-4-5-9-20-15/h2-10H,11H2,1H3,(H,21,22,25). The van der Waals surface area contributed by atoms with Gasteiger partial charge in [-0.2, -0.15) is 0 Å². The van der Waals surface area contributed by atoms with Crippen molar-refractivity contribution in [3.05, 3.63) is 60.4 Å². The number of hydrogen-bond acceptors (Lipinski definition) is 7. The van der Waals surface area contributed by atoms with Crippen LogP contribution in [-0.2, 0) is 4.79 Å². The highest BCUT2D eigenvalue weighted by Crippen LogP contribution is 2.24. The molecule has 0 aliphatic carbocycles. The first-order valence-corrected chi connectivity index (χ1v) is 9.21. The molecular weight excluding hydrogens is 362 g/mol. The maximum atomic E-state index is 12.4. The van der Waals surface area contributed by atoms with E-state index in [0.29, 0.717) is 16.8 Å². The van der Waals surface area contributed by atoms with Gasteiger partial charge in [0.05, 0.1) is 17.0 Å². The number of nitrogens with zero attached hydrogens (tertiary/aromatic N) is 4. The van der Waals surface area contributed by atoms with Crippen LogP contribution in [0.1, 0.15) is 5.69 Å². The molecule has 27 heavy (non-hydrogen) atoms. The van der Waals surface area contributed by atoms with Crippen LogP contribution in [0, 0.1) is 6.92 Å². The van der Waals surface area contributed by atoms with Gasteiger partial charge in [-0.1, -0.05) is 36.0 Å². The van der Waals surface area contributed by atoms with E-state index in [1.807, 2.05) is 49.4 Å². The zero-order chi connectivity index (χ0) is 18.6. The van der Waals surface area contributed by atoms with E-state index in [2.05, 4.69) is 25.5 Å². The van der Waals surface area contributed by atoms with Crippen LogP contribution in [0.3, 0.4) is 0 Å². The van der Waals surface area contributed by atoms with Crippen LogP contribution in [-0.4, -0.2) is 31.8 Å². The van der Waals surface area contributed by atoms with Crippen molar-refractivity contribution in [2.75, 3.05) is 11.1 Å². The Bertz CT molecular complexity index is 1100. The highest BCUT2D eigenvalue weighted by Gasteiger charge is 2.13. The Kier molecular flexibility index (Phi) is 4.80. The number of para-hydroxylation sites is 1. The van der Waals surface area contributed by atoms with Crippen LogP contribution in [0.5, 0.6) is 0 Å². The van der Waals surface area contributed by atoms with E-state index in [9.17, 15) is 4.79 Å². The van der Waals surface area contributed by atoms with Gasteiger partial charge in [0.2, 0.25) is 5.91 Å². The number of anilines is 1. The number of carbonyl (C=O) groups excluding carboxylic acids is 1. The minimum atomic E-state index is -0.159. The van der Waals surface area contributed by atoms with Crippen molar-refractivity contribution in [3.8, 4) is 11.6 Å². The van der Waals surface area contributed by atoms with Crippen LogP contribution >= 0.6 is 11.8 Å². The van der Waals surface area contributed by atoms with E-state index in [1.165, 1.54) is 11.8 Å². The summed E-state index contributed by atoms with van der Waals surface area (Å²) in [6, 6.07) is 15.0. The van der Waals surface area contributed by atoms with E-state index in [0.717, 1.165) is 22.3 Å². The lowest BCUT2D eigenvalue weighted by atomic mass is 10.1. The number of thioether (sulfide) groups is 1. The lowest BCUT2D eigenvalue weighted by Gasteiger charge is -2.09. The van der Waals surface area contributed by atoms with Crippen molar-refractivity contribution in [2.45, 2.75) is 12.1 Å². The van der Waals surface area contributed by atoms with E-state index < -0.39 is 0 Å². The molecule has 0 spiro atoms. The first-order chi connectivity index (χ1) is 13.2. The Labute approximate surface area is 159 Å². The summed E-state index contributed by atoms with van der Waals surface area (Å²) < 4.78 is 5.55. The smallest absolute Gasteiger partial charge is 0.277 e. The number of pyridine rings is 2. The van der Waals surface area contributed by atoms with Gasteiger partial charge in [-0.05, 0) is 31.2 Å². The molecule has 0 unspecified atom stereocenters. The van der Waals surface area contributed by atoms with E-state index in [4.69, 9.17) is 4.42 Å². The zero-order valence-corrected chi connectivity index (χ0v) is 15.2. The lowest BCUT2D eigenvalue weighted by Crippen LogP contribution is -2.14. The predicted octanol–water partition coefficient (Wildman–Crippen LogP) is 3.72. The molecule has 134 valence electrons. The van der Waals surface area contributed by atoms with Crippen LogP contribution in [0.4, 0.5) is 5.69 Å². The number of benzene rings is 1. The molecule has 0 saturated heterocycles. The third-order valence-electron chi connectivity index (χ3n) is 3.74. The molecule has 3 heterocycles. The molecule has 3 aromatic heterocycles. The maximum Gasteiger partial charge on any atom is 0.277 e. The molecule has 0 bridgehead atoms. The highest BCUT2D eigenvalue weighted by atomic mass is 32.2. The lowest BCUT2D eigenvalue weighted by molar-refractivity contribution is -0.113. The normalized spacial score (nSPS) is 10.9. The summed E-state index contributed by atoms with van der Waals surface area (Å²) in [5, 5.41) is 12.1. The minimum absolute atomic E-state index is 0.152. The second-order valence-corrected chi connectivity index (χ2v) is 6.68. The van der Waals surface area contributed by atoms with Crippen molar-refractivity contribution in [1.82, 2.24) is 20.2 Å². The summed E-state index contributed by atoms with van der Waals surface area (Å²) in [4.78, 5) is 21.0. The summed E-state index contributed by atoms with van der Waals surface area (Å²) >= 11 is 1.18. The first-order valence-electron chi connectivity index (χ1n) is 8.23. The Morgan fingerprint density at radius 1 is 1.15 bits per heavy atom. The number of aryl methyl sites for hydroxylation is 1. The zero-order valence-electron chi connectivity index (χ0n) is 14.4. The van der Waals surface area contributed by atoms with E-state index >= 15 is 0 Å². The number of hydrogen-bond donors (Lipinski definition) is 1. The molecule has 4 aromatic rings. The Morgan fingerprint density at radius 2 is 2.00 bits per heavy atom. The molecule has 8 heteroatoms. The fraction of sp³-hybridized carbons (Fsp3) is 0.105. The number of aromatic nitrogens is 4. The molecule has 1 amide bonds. The average molecular weight is 377 g/mol. The number of rotatable bonds is 5. The topological polar surface area (TPSA) is 93.8 Å². The van der Waals surface area contributed by atoms with Crippen LogP contribution in [0.25, 0.3) is 22.5 Å². The molecule has 0 atom stereocenters. The summed E-state index contributed by atoms with van der Waals surface area (Å²) in [5.41, 5.74) is 3.02. The molecule has 7 nitrogen and oxygen atoms in total. The molecule has 0 aliphatic heterocycles. The van der Waals surface area contributed by atoms with Crippen molar-refractivity contribution in [2.24, 2.45) is 0 Å². The maximum absolute atomic E-state index is 12.4. The van der Waals surface area contributed by atoms with Gasteiger partial charge in [0, 0.05) is 17.3 Å². The van der Waals surface area contributed by atoms with Crippen LogP contribution in [0.2, 0.25) is 0 Å². The predicted molar refractivity (Wildman–Crippen MR) is 103 cm³/mol. The molecule has 0 fully saturated rings. The SMILES string of the molecule is Cc1cc(NC(=O)CSc2nnc(-c3ccccn3)o2)c2ccccc2n1. The molecule has 0 saturated carbocycles. The van der Waals surface area contributed by atoms with Gasteiger partial charge in [0.15, 0.2) is 0 Å².